The van der Waals surface area contributed by atoms with Crippen LogP contribution < -0.4 is 20.3 Å². The minimum absolute atomic E-state index is 0.184. The first kappa shape index (κ1) is 17.5. The van der Waals surface area contributed by atoms with Crippen LogP contribution in [0.1, 0.15) is 17.4 Å². The molecule has 0 bridgehead atoms. The Bertz CT molecular complexity index is 1000. The molecular weight excluding hydrogens is 334 g/mol. The van der Waals surface area contributed by atoms with Crippen molar-refractivity contribution in [1.29, 1.82) is 0 Å². The number of rotatable bonds is 5. The average Bonchev–Trinajstić information content (AvgIpc) is 2.68. The number of nitrogens with one attached hydrogen (secondary N) is 1. The van der Waals surface area contributed by atoms with Crippen molar-refractivity contribution in [1.82, 2.24) is 9.78 Å². The molecule has 0 atom stereocenters. The second-order valence-corrected chi connectivity index (χ2v) is 5.57. The topological polar surface area (TPSA) is 82.5 Å². The van der Waals surface area contributed by atoms with Crippen LogP contribution in [0.5, 0.6) is 11.5 Å². The summed E-state index contributed by atoms with van der Waals surface area (Å²) in [6, 6.07) is 12.0. The number of carbonyl (C=O) groups is 1. The van der Waals surface area contributed by atoms with Crippen molar-refractivity contribution in [3.63, 3.8) is 0 Å². The number of nitrogens with zero attached hydrogens (tertiary/aromatic N) is 2. The van der Waals surface area contributed by atoms with Gasteiger partial charge in [0.1, 0.15) is 11.5 Å². The van der Waals surface area contributed by atoms with Gasteiger partial charge in [0.15, 0.2) is 5.69 Å². The lowest BCUT2D eigenvalue weighted by molar-refractivity contribution is 0.102. The molecule has 0 aliphatic rings. The second kappa shape index (κ2) is 7.26. The van der Waals surface area contributed by atoms with Gasteiger partial charge in [0, 0.05) is 35.8 Å². The number of amides is 1. The second-order valence-electron chi connectivity index (χ2n) is 5.57. The van der Waals surface area contributed by atoms with Crippen LogP contribution in [-0.2, 0) is 6.54 Å². The van der Waals surface area contributed by atoms with Crippen LogP contribution in [0.25, 0.3) is 10.8 Å². The summed E-state index contributed by atoms with van der Waals surface area (Å²) in [4.78, 5) is 25.2. The highest BCUT2D eigenvalue weighted by atomic mass is 16.5. The zero-order valence-corrected chi connectivity index (χ0v) is 14.8. The van der Waals surface area contributed by atoms with E-state index in [-0.39, 0.29) is 11.3 Å². The van der Waals surface area contributed by atoms with Gasteiger partial charge in [-0.3, -0.25) is 9.59 Å². The lowest BCUT2D eigenvalue weighted by atomic mass is 10.1. The molecular formula is C19H19N3O4. The summed E-state index contributed by atoms with van der Waals surface area (Å²) in [5.74, 6) is 0.686. The minimum Gasteiger partial charge on any atom is -0.497 e. The Morgan fingerprint density at radius 3 is 2.27 bits per heavy atom. The summed E-state index contributed by atoms with van der Waals surface area (Å²) >= 11 is 0. The molecule has 0 fully saturated rings. The molecule has 1 heterocycles. The monoisotopic (exact) mass is 353 g/mol. The number of fused-ring (bicyclic) bond motifs is 1. The lowest BCUT2D eigenvalue weighted by Crippen LogP contribution is -2.27. The summed E-state index contributed by atoms with van der Waals surface area (Å²) in [6.07, 6.45) is 0. The average molecular weight is 353 g/mol. The van der Waals surface area contributed by atoms with Gasteiger partial charge in [-0.25, -0.2) is 4.68 Å². The maximum atomic E-state index is 12.8. The van der Waals surface area contributed by atoms with Crippen LogP contribution in [0.4, 0.5) is 5.69 Å². The van der Waals surface area contributed by atoms with Gasteiger partial charge in [0.2, 0.25) is 0 Å². The van der Waals surface area contributed by atoms with Crippen LogP contribution in [0.15, 0.2) is 47.3 Å². The number of aryl methyl sites for hydroxylation is 1. The summed E-state index contributed by atoms with van der Waals surface area (Å²) in [7, 11) is 3.07. The maximum absolute atomic E-state index is 12.8. The third kappa shape index (κ3) is 3.23. The Labute approximate surface area is 150 Å². The number of methoxy groups -OCH3 is 2. The molecule has 2 aromatic carbocycles. The molecule has 134 valence electrons. The standard InChI is InChI=1S/C19H19N3O4/c1-4-22-19(24)16-8-6-5-7-15(16)17(21-22)18(23)20-12-9-13(25-2)11-14(10-12)26-3/h5-11H,4H2,1-3H3,(H,20,23). The summed E-state index contributed by atoms with van der Waals surface area (Å²) in [5.41, 5.74) is 0.470. The van der Waals surface area contributed by atoms with Crippen molar-refractivity contribution in [2.45, 2.75) is 13.5 Å². The maximum Gasteiger partial charge on any atom is 0.276 e. The van der Waals surface area contributed by atoms with E-state index in [9.17, 15) is 9.59 Å². The quantitative estimate of drug-likeness (QED) is 0.762. The van der Waals surface area contributed by atoms with Crippen molar-refractivity contribution in [2.24, 2.45) is 0 Å². The molecule has 0 radical (unpaired) electrons. The summed E-state index contributed by atoms with van der Waals surface area (Å²) < 4.78 is 11.7. The van der Waals surface area contributed by atoms with Gasteiger partial charge in [-0.1, -0.05) is 18.2 Å². The molecule has 0 aliphatic carbocycles. The fraction of sp³-hybridized carbons (Fsp3) is 0.211. The highest BCUT2D eigenvalue weighted by Gasteiger charge is 2.17. The van der Waals surface area contributed by atoms with E-state index in [4.69, 9.17) is 9.47 Å². The van der Waals surface area contributed by atoms with Crippen molar-refractivity contribution in [3.8, 4) is 11.5 Å². The fourth-order valence-corrected chi connectivity index (χ4v) is 2.69. The van der Waals surface area contributed by atoms with E-state index < -0.39 is 5.91 Å². The molecule has 1 amide bonds. The van der Waals surface area contributed by atoms with Crippen molar-refractivity contribution >= 4 is 22.4 Å². The van der Waals surface area contributed by atoms with Crippen LogP contribution in [0.3, 0.4) is 0 Å². The number of ether oxygens (including phenoxy) is 2. The number of carbonyl (C=O) groups excluding carboxylic acids is 1. The molecule has 0 saturated heterocycles. The molecule has 3 aromatic rings. The third-order valence-electron chi connectivity index (χ3n) is 3.99. The van der Waals surface area contributed by atoms with Crippen molar-refractivity contribution < 1.29 is 14.3 Å². The van der Waals surface area contributed by atoms with Crippen LogP contribution >= 0.6 is 0 Å². The molecule has 0 saturated carbocycles. The number of anilines is 1. The van der Waals surface area contributed by atoms with Gasteiger partial charge < -0.3 is 14.8 Å². The molecule has 7 nitrogen and oxygen atoms in total. The van der Waals surface area contributed by atoms with E-state index >= 15 is 0 Å². The first-order valence-electron chi connectivity index (χ1n) is 8.11. The summed E-state index contributed by atoms with van der Waals surface area (Å²) in [6.45, 7) is 2.18. The zero-order valence-electron chi connectivity index (χ0n) is 14.8. The number of benzene rings is 2. The molecule has 1 N–H and O–H groups in total. The van der Waals surface area contributed by atoms with E-state index in [1.807, 2.05) is 0 Å². The normalized spacial score (nSPS) is 10.6. The van der Waals surface area contributed by atoms with Crippen LogP contribution in [0, 0.1) is 0 Å². The van der Waals surface area contributed by atoms with Crippen molar-refractivity contribution in [2.75, 3.05) is 19.5 Å². The minimum atomic E-state index is -0.418. The first-order valence-corrected chi connectivity index (χ1v) is 8.11. The largest absolute Gasteiger partial charge is 0.497 e. The van der Waals surface area contributed by atoms with E-state index in [0.29, 0.717) is 34.5 Å². The molecule has 3 rings (SSSR count). The van der Waals surface area contributed by atoms with Gasteiger partial charge >= 0.3 is 0 Å². The molecule has 0 spiro atoms. The van der Waals surface area contributed by atoms with E-state index in [0.717, 1.165) is 0 Å². The first-order chi connectivity index (χ1) is 12.6. The van der Waals surface area contributed by atoms with E-state index in [1.165, 1.54) is 18.9 Å². The number of hydrogen-bond donors (Lipinski definition) is 1. The highest BCUT2D eigenvalue weighted by Crippen LogP contribution is 2.26. The molecule has 7 heteroatoms. The third-order valence-corrected chi connectivity index (χ3v) is 3.99. The number of hydrogen-bond acceptors (Lipinski definition) is 5. The molecule has 0 aliphatic heterocycles. The Morgan fingerprint density at radius 1 is 1.08 bits per heavy atom. The smallest absolute Gasteiger partial charge is 0.276 e. The molecule has 0 unspecified atom stereocenters. The zero-order chi connectivity index (χ0) is 18.7. The number of aromatic nitrogens is 2. The predicted molar refractivity (Wildman–Crippen MR) is 99.2 cm³/mol. The predicted octanol–water partition coefficient (Wildman–Crippen LogP) is 2.69. The van der Waals surface area contributed by atoms with Gasteiger partial charge in [-0.15, -0.1) is 0 Å². The Morgan fingerprint density at radius 2 is 1.69 bits per heavy atom. The summed E-state index contributed by atoms with van der Waals surface area (Å²) in [5, 5.41) is 7.99. The van der Waals surface area contributed by atoms with Gasteiger partial charge in [-0.2, -0.15) is 5.10 Å². The van der Waals surface area contributed by atoms with E-state index in [1.54, 1.807) is 49.4 Å². The Balaban J connectivity index is 2.06. The van der Waals surface area contributed by atoms with Crippen molar-refractivity contribution in [3.05, 3.63) is 58.5 Å². The van der Waals surface area contributed by atoms with Gasteiger partial charge in [0.05, 0.1) is 19.6 Å². The van der Waals surface area contributed by atoms with Crippen LogP contribution in [0.2, 0.25) is 0 Å². The van der Waals surface area contributed by atoms with Gasteiger partial charge in [-0.05, 0) is 13.0 Å². The fourth-order valence-electron chi connectivity index (χ4n) is 2.69. The molecule has 26 heavy (non-hydrogen) atoms. The van der Waals surface area contributed by atoms with Gasteiger partial charge in [0.25, 0.3) is 11.5 Å². The van der Waals surface area contributed by atoms with Crippen LogP contribution in [-0.4, -0.2) is 29.9 Å². The lowest BCUT2D eigenvalue weighted by Gasteiger charge is -2.12. The molecule has 1 aromatic heterocycles. The Hall–Kier alpha value is -3.35. The van der Waals surface area contributed by atoms with E-state index in [2.05, 4.69) is 10.4 Å². The Kier molecular flexibility index (Phi) is 4.88. The highest BCUT2D eigenvalue weighted by molar-refractivity contribution is 6.11. The SMILES string of the molecule is CCn1nc(C(=O)Nc2cc(OC)cc(OC)c2)c2ccccc2c1=O.